The highest BCUT2D eigenvalue weighted by Crippen LogP contribution is 2.39. The Bertz CT molecular complexity index is 465. The van der Waals surface area contributed by atoms with Crippen LogP contribution >= 0.6 is 0 Å². The van der Waals surface area contributed by atoms with Gasteiger partial charge in [-0.1, -0.05) is 0 Å². The van der Waals surface area contributed by atoms with Crippen molar-refractivity contribution in [3.63, 3.8) is 0 Å². The third-order valence-electron chi connectivity index (χ3n) is 1.86. The van der Waals surface area contributed by atoms with Gasteiger partial charge >= 0.3 is 18.3 Å². The first-order chi connectivity index (χ1) is 8.01. The van der Waals surface area contributed by atoms with E-state index in [0.29, 0.717) is 6.07 Å². The minimum Gasteiger partial charge on any atom is -0.481 e. The SMILES string of the molecule is O=C(O)Cc1ccc(C(F)(F)F)c(C(F)(F)F)n1. The van der Waals surface area contributed by atoms with E-state index in [4.69, 9.17) is 5.11 Å². The minimum atomic E-state index is -5.31. The minimum absolute atomic E-state index is 0.175. The third-order valence-corrected chi connectivity index (χ3v) is 1.86. The fraction of sp³-hybridized carbons (Fsp3) is 0.333. The van der Waals surface area contributed by atoms with Crippen LogP contribution in [0.5, 0.6) is 0 Å². The summed E-state index contributed by atoms with van der Waals surface area (Å²) in [5, 5.41) is 8.35. The molecule has 0 amide bonds. The number of carbonyl (C=O) groups is 1. The van der Waals surface area contributed by atoms with Crippen molar-refractivity contribution < 1.29 is 36.2 Å². The Morgan fingerprint density at radius 3 is 2.06 bits per heavy atom. The van der Waals surface area contributed by atoms with Gasteiger partial charge in [0.2, 0.25) is 0 Å². The van der Waals surface area contributed by atoms with Gasteiger partial charge in [0.05, 0.1) is 17.7 Å². The van der Waals surface area contributed by atoms with E-state index in [0.717, 1.165) is 0 Å². The van der Waals surface area contributed by atoms with Crippen LogP contribution in [0.2, 0.25) is 0 Å². The molecule has 9 heteroatoms. The summed E-state index contributed by atoms with van der Waals surface area (Å²) in [5.74, 6) is -1.49. The van der Waals surface area contributed by atoms with Gasteiger partial charge in [0.15, 0.2) is 5.69 Å². The van der Waals surface area contributed by atoms with Gasteiger partial charge < -0.3 is 5.11 Å². The molecule has 0 aliphatic carbocycles. The smallest absolute Gasteiger partial charge is 0.433 e. The molecule has 0 spiro atoms. The Hall–Kier alpha value is -1.80. The van der Waals surface area contributed by atoms with Crippen LogP contribution < -0.4 is 0 Å². The average molecular weight is 273 g/mol. The predicted molar refractivity (Wildman–Crippen MR) is 45.6 cm³/mol. The zero-order valence-corrected chi connectivity index (χ0v) is 8.43. The lowest BCUT2D eigenvalue weighted by Gasteiger charge is -2.15. The first-order valence-electron chi connectivity index (χ1n) is 4.38. The van der Waals surface area contributed by atoms with Gasteiger partial charge in [-0.15, -0.1) is 0 Å². The van der Waals surface area contributed by atoms with Gasteiger partial charge in [0.25, 0.3) is 0 Å². The summed E-state index contributed by atoms with van der Waals surface area (Å²) in [6.45, 7) is 0. The van der Waals surface area contributed by atoms with Crippen molar-refractivity contribution in [2.45, 2.75) is 18.8 Å². The number of halogens is 6. The maximum Gasteiger partial charge on any atom is 0.433 e. The van der Waals surface area contributed by atoms with Gasteiger partial charge in [0, 0.05) is 0 Å². The zero-order valence-electron chi connectivity index (χ0n) is 8.43. The molecule has 1 N–H and O–H groups in total. The largest absolute Gasteiger partial charge is 0.481 e. The Labute approximate surface area is 96.1 Å². The number of hydrogen-bond acceptors (Lipinski definition) is 2. The van der Waals surface area contributed by atoms with Crippen LogP contribution in [-0.4, -0.2) is 16.1 Å². The second-order valence-electron chi connectivity index (χ2n) is 3.26. The molecule has 0 radical (unpaired) electrons. The molecular formula is C9H5F6NO2. The molecule has 1 rings (SSSR count). The predicted octanol–water partition coefficient (Wildman–Crippen LogP) is 2.75. The molecule has 0 atom stereocenters. The monoisotopic (exact) mass is 273 g/mol. The molecule has 18 heavy (non-hydrogen) atoms. The third kappa shape index (κ3) is 3.34. The molecule has 0 saturated carbocycles. The van der Waals surface area contributed by atoms with Crippen LogP contribution in [0.4, 0.5) is 26.3 Å². The van der Waals surface area contributed by atoms with Gasteiger partial charge in [-0.05, 0) is 12.1 Å². The highest BCUT2D eigenvalue weighted by Gasteiger charge is 2.44. The summed E-state index contributed by atoms with van der Waals surface area (Å²) in [4.78, 5) is 13.0. The van der Waals surface area contributed by atoms with Crippen molar-refractivity contribution in [3.05, 3.63) is 29.1 Å². The van der Waals surface area contributed by atoms with Crippen molar-refractivity contribution in [1.82, 2.24) is 4.98 Å². The van der Waals surface area contributed by atoms with E-state index in [2.05, 4.69) is 4.98 Å². The highest BCUT2D eigenvalue weighted by atomic mass is 19.4. The Balaban J connectivity index is 3.35. The maximum absolute atomic E-state index is 12.4. The summed E-state index contributed by atoms with van der Waals surface area (Å²) in [6, 6.07) is 0.778. The zero-order chi connectivity index (χ0) is 14.1. The molecule has 0 bridgehead atoms. The molecule has 0 saturated heterocycles. The molecule has 100 valence electrons. The molecule has 0 fully saturated rings. The lowest BCUT2D eigenvalue weighted by Crippen LogP contribution is -2.20. The van der Waals surface area contributed by atoms with E-state index in [9.17, 15) is 31.1 Å². The molecular weight excluding hydrogens is 268 g/mol. The van der Waals surface area contributed by atoms with Gasteiger partial charge in [-0.2, -0.15) is 26.3 Å². The molecule has 0 unspecified atom stereocenters. The maximum atomic E-state index is 12.4. The van der Waals surface area contributed by atoms with E-state index in [-0.39, 0.29) is 6.07 Å². The first kappa shape index (κ1) is 14.3. The summed E-state index contributed by atoms with van der Waals surface area (Å²) in [6.07, 6.45) is -11.4. The number of aliphatic carboxylic acids is 1. The summed E-state index contributed by atoms with van der Waals surface area (Å²) in [7, 11) is 0. The lowest BCUT2D eigenvalue weighted by atomic mass is 10.1. The highest BCUT2D eigenvalue weighted by molar-refractivity contribution is 5.69. The van der Waals surface area contributed by atoms with Crippen LogP contribution in [0.15, 0.2) is 12.1 Å². The average Bonchev–Trinajstić information content (AvgIpc) is 2.13. The number of carboxylic acids is 1. The normalized spacial score (nSPS) is 12.6. The molecule has 0 aromatic carbocycles. The standard InChI is InChI=1S/C9H5F6NO2/c10-8(11,12)5-2-1-4(3-6(17)18)16-7(5)9(13,14)15/h1-2H,3H2,(H,17,18). The quantitative estimate of drug-likeness (QED) is 0.843. The molecule has 1 heterocycles. The number of carboxylic acid groups (broad SMARTS) is 1. The fourth-order valence-corrected chi connectivity index (χ4v) is 1.20. The summed E-state index contributed by atoms with van der Waals surface area (Å²) < 4.78 is 74.1. The number of nitrogens with zero attached hydrogens (tertiary/aromatic N) is 1. The second-order valence-corrected chi connectivity index (χ2v) is 3.26. The van der Waals surface area contributed by atoms with Gasteiger partial charge in [-0.3, -0.25) is 4.79 Å². The number of alkyl halides is 6. The molecule has 3 nitrogen and oxygen atoms in total. The van der Waals surface area contributed by atoms with Gasteiger partial charge in [0.1, 0.15) is 0 Å². The Morgan fingerprint density at radius 2 is 1.67 bits per heavy atom. The molecule has 1 aromatic heterocycles. The van der Waals surface area contributed by atoms with E-state index in [1.807, 2.05) is 0 Å². The molecule has 1 aromatic rings. The second kappa shape index (κ2) is 4.46. The van der Waals surface area contributed by atoms with Crippen molar-refractivity contribution in [3.8, 4) is 0 Å². The van der Waals surface area contributed by atoms with Crippen molar-refractivity contribution in [2.75, 3.05) is 0 Å². The van der Waals surface area contributed by atoms with Crippen molar-refractivity contribution in [2.24, 2.45) is 0 Å². The lowest BCUT2D eigenvalue weighted by molar-refractivity contribution is -0.164. The number of pyridine rings is 1. The molecule has 0 aliphatic heterocycles. The Kier molecular flexibility index (Phi) is 3.54. The fourth-order valence-electron chi connectivity index (χ4n) is 1.20. The van der Waals surface area contributed by atoms with E-state index in [1.165, 1.54) is 0 Å². The van der Waals surface area contributed by atoms with E-state index >= 15 is 0 Å². The van der Waals surface area contributed by atoms with Crippen LogP contribution in [0.3, 0.4) is 0 Å². The van der Waals surface area contributed by atoms with Crippen LogP contribution in [0.25, 0.3) is 0 Å². The van der Waals surface area contributed by atoms with Crippen LogP contribution in [0.1, 0.15) is 17.0 Å². The van der Waals surface area contributed by atoms with Crippen molar-refractivity contribution >= 4 is 5.97 Å². The van der Waals surface area contributed by atoms with E-state index < -0.39 is 41.7 Å². The van der Waals surface area contributed by atoms with Crippen LogP contribution in [-0.2, 0) is 23.6 Å². The Morgan fingerprint density at radius 1 is 1.11 bits per heavy atom. The first-order valence-corrected chi connectivity index (χ1v) is 4.38. The van der Waals surface area contributed by atoms with Crippen molar-refractivity contribution in [1.29, 1.82) is 0 Å². The topological polar surface area (TPSA) is 50.2 Å². The van der Waals surface area contributed by atoms with Crippen LogP contribution in [0, 0.1) is 0 Å². The van der Waals surface area contributed by atoms with E-state index in [1.54, 1.807) is 0 Å². The summed E-state index contributed by atoms with van der Waals surface area (Å²) >= 11 is 0. The molecule has 0 aliphatic rings. The number of rotatable bonds is 2. The van der Waals surface area contributed by atoms with Gasteiger partial charge in [-0.25, -0.2) is 4.98 Å². The number of hydrogen-bond donors (Lipinski definition) is 1. The summed E-state index contributed by atoms with van der Waals surface area (Å²) in [5.41, 5.74) is -4.67. The number of aromatic nitrogens is 1.